The molecule has 3 heterocycles. The van der Waals surface area contributed by atoms with Gasteiger partial charge < -0.3 is 29.6 Å². The van der Waals surface area contributed by atoms with Crippen molar-refractivity contribution in [1.29, 1.82) is 0 Å². The van der Waals surface area contributed by atoms with Crippen molar-refractivity contribution in [1.82, 2.24) is 19.7 Å². The molecule has 0 radical (unpaired) electrons. The fourth-order valence-electron chi connectivity index (χ4n) is 6.50. The highest BCUT2D eigenvalue weighted by Crippen LogP contribution is 2.35. The first-order valence-electron chi connectivity index (χ1n) is 15.3. The Balaban J connectivity index is 1.36. The van der Waals surface area contributed by atoms with Gasteiger partial charge in [-0.25, -0.2) is 0 Å². The molecule has 1 aromatic heterocycles. The van der Waals surface area contributed by atoms with Gasteiger partial charge in [-0.2, -0.15) is 0 Å². The normalized spacial score (nSPS) is 15.9. The van der Waals surface area contributed by atoms with Crippen molar-refractivity contribution in [2.75, 3.05) is 52.8 Å². The summed E-state index contributed by atoms with van der Waals surface area (Å²) in [6.07, 6.45) is 3.08. The van der Waals surface area contributed by atoms with Crippen molar-refractivity contribution >= 4 is 40.2 Å². The second-order valence-electron chi connectivity index (χ2n) is 11.8. The number of anilines is 1. The van der Waals surface area contributed by atoms with E-state index >= 15 is 0 Å². The lowest BCUT2D eigenvalue weighted by molar-refractivity contribution is -0.148. The van der Waals surface area contributed by atoms with Crippen LogP contribution in [0.1, 0.15) is 39.1 Å². The Morgan fingerprint density at radius 1 is 0.935 bits per heavy atom. The second kappa shape index (κ2) is 12.7. The average molecular weight is 624 g/mol. The van der Waals surface area contributed by atoms with E-state index in [-0.39, 0.29) is 23.6 Å². The third kappa shape index (κ3) is 5.58. The molecule has 0 unspecified atom stereocenters. The number of carbonyl (C=O) groups is 4. The van der Waals surface area contributed by atoms with E-state index in [1.165, 1.54) is 7.11 Å². The van der Waals surface area contributed by atoms with Gasteiger partial charge in [-0.1, -0.05) is 30.3 Å². The number of methoxy groups -OCH3 is 2. The number of imide groups is 1. The summed E-state index contributed by atoms with van der Waals surface area (Å²) >= 11 is 0. The van der Waals surface area contributed by atoms with Gasteiger partial charge in [-0.15, -0.1) is 0 Å². The van der Waals surface area contributed by atoms with Gasteiger partial charge >= 0.3 is 0 Å². The summed E-state index contributed by atoms with van der Waals surface area (Å²) < 4.78 is 10.9. The summed E-state index contributed by atoms with van der Waals surface area (Å²) in [5.41, 5.74) is 1.68. The zero-order chi connectivity index (χ0) is 32.4. The van der Waals surface area contributed by atoms with E-state index in [9.17, 15) is 19.2 Å². The highest BCUT2D eigenvalue weighted by molar-refractivity contribution is 6.22. The number of para-hydroxylation sites is 1. The van der Waals surface area contributed by atoms with Gasteiger partial charge in [0.2, 0.25) is 5.91 Å². The van der Waals surface area contributed by atoms with E-state index in [1.54, 1.807) is 54.5 Å². The zero-order valence-corrected chi connectivity index (χ0v) is 26.2. The average Bonchev–Trinajstić information content (AvgIpc) is 3.60. The van der Waals surface area contributed by atoms with Crippen LogP contribution < -0.4 is 14.8 Å². The van der Waals surface area contributed by atoms with Gasteiger partial charge in [0.15, 0.2) is 0 Å². The molecule has 11 heteroatoms. The van der Waals surface area contributed by atoms with E-state index in [0.717, 1.165) is 21.4 Å². The third-order valence-corrected chi connectivity index (χ3v) is 9.16. The quantitative estimate of drug-likeness (QED) is 0.257. The highest BCUT2D eigenvalue weighted by Gasteiger charge is 2.49. The van der Waals surface area contributed by atoms with Gasteiger partial charge in [-0.05, 0) is 62.2 Å². The van der Waals surface area contributed by atoms with Crippen LogP contribution in [0, 0.1) is 0 Å². The van der Waals surface area contributed by atoms with Crippen LogP contribution in [0.15, 0.2) is 72.9 Å². The summed E-state index contributed by atoms with van der Waals surface area (Å²) in [5, 5.41) is 4.06. The molecular weight excluding hydrogens is 586 g/mol. The number of rotatable bonds is 10. The number of carbonyl (C=O) groups excluding carboxylic acids is 4. The standard InChI is InChI=1S/C35H37N5O6/c1-38-18-15-35(16-19-38,34(44)37-29-13-12-24(45-2)20-30(29)46-3)40(17-14-23-21-36-28-11-7-6-8-25(23)28)31(41)22-39-32(42)26-9-4-5-10-27(26)33(39)43/h4-13,20-21,36H,14-19,22H2,1-3H3,(H,37,44). The maximum atomic E-state index is 14.5. The number of ether oxygens (including phenoxy) is 2. The van der Waals surface area contributed by atoms with Crippen molar-refractivity contribution in [2.24, 2.45) is 0 Å². The van der Waals surface area contributed by atoms with Crippen molar-refractivity contribution in [2.45, 2.75) is 24.8 Å². The number of aromatic amines is 1. The molecule has 0 spiro atoms. The number of benzene rings is 3. The van der Waals surface area contributed by atoms with Gasteiger partial charge in [0.25, 0.3) is 17.7 Å². The number of hydrogen-bond donors (Lipinski definition) is 2. The molecule has 6 rings (SSSR count). The Labute approximate surface area is 267 Å². The van der Waals surface area contributed by atoms with Crippen molar-refractivity contribution in [3.8, 4) is 11.5 Å². The molecule has 46 heavy (non-hydrogen) atoms. The Bertz CT molecular complexity index is 1770. The number of aromatic nitrogens is 1. The Morgan fingerprint density at radius 3 is 2.28 bits per heavy atom. The predicted molar refractivity (Wildman–Crippen MR) is 173 cm³/mol. The van der Waals surface area contributed by atoms with E-state index in [2.05, 4.69) is 15.2 Å². The summed E-state index contributed by atoms with van der Waals surface area (Å²) in [6.45, 7) is 0.853. The maximum Gasteiger partial charge on any atom is 0.262 e. The number of hydrogen-bond acceptors (Lipinski definition) is 7. The molecule has 2 aliphatic rings. The van der Waals surface area contributed by atoms with E-state index < -0.39 is 29.8 Å². The monoisotopic (exact) mass is 623 g/mol. The van der Waals surface area contributed by atoms with Gasteiger partial charge in [0.1, 0.15) is 23.6 Å². The molecule has 3 aromatic carbocycles. The Kier molecular flexibility index (Phi) is 8.50. The predicted octanol–water partition coefficient (Wildman–Crippen LogP) is 3.96. The third-order valence-electron chi connectivity index (χ3n) is 9.16. The molecule has 11 nitrogen and oxygen atoms in total. The van der Waals surface area contributed by atoms with Gasteiger partial charge in [0, 0.05) is 42.8 Å². The Morgan fingerprint density at radius 2 is 1.61 bits per heavy atom. The lowest BCUT2D eigenvalue weighted by Gasteiger charge is -2.47. The zero-order valence-electron chi connectivity index (χ0n) is 26.2. The molecule has 4 aromatic rings. The minimum atomic E-state index is -1.26. The lowest BCUT2D eigenvalue weighted by atomic mass is 9.83. The number of nitrogens with zero attached hydrogens (tertiary/aromatic N) is 3. The lowest BCUT2D eigenvalue weighted by Crippen LogP contribution is -2.64. The van der Waals surface area contributed by atoms with Gasteiger partial charge in [0.05, 0.1) is 31.0 Å². The molecule has 238 valence electrons. The van der Waals surface area contributed by atoms with Crippen LogP contribution in [0.5, 0.6) is 11.5 Å². The van der Waals surface area contributed by atoms with Crippen LogP contribution in [-0.2, 0) is 16.0 Å². The summed E-state index contributed by atoms with van der Waals surface area (Å²) in [5.74, 6) is -0.890. The first kappa shape index (κ1) is 30.8. The molecule has 0 aliphatic carbocycles. The molecule has 0 atom stereocenters. The fourth-order valence-corrected chi connectivity index (χ4v) is 6.50. The van der Waals surface area contributed by atoms with Crippen LogP contribution in [-0.4, -0.2) is 96.3 Å². The van der Waals surface area contributed by atoms with Crippen LogP contribution in [0.4, 0.5) is 5.69 Å². The maximum absolute atomic E-state index is 14.5. The number of nitrogens with one attached hydrogen (secondary N) is 2. The molecule has 0 bridgehead atoms. The van der Waals surface area contributed by atoms with E-state index in [4.69, 9.17) is 9.47 Å². The first-order chi connectivity index (χ1) is 22.3. The second-order valence-corrected chi connectivity index (χ2v) is 11.8. The van der Waals surface area contributed by atoms with Crippen molar-refractivity contribution in [3.63, 3.8) is 0 Å². The van der Waals surface area contributed by atoms with Crippen molar-refractivity contribution < 1.29 is 28.7 Å². The summed E-state index contributed by atoms with van der Waals surface area (Å²) in [4.78, 5) is 63.5. The first-order valence-corrected chi connectivity index (χ1v) is 15.3. The number of fused-ring (bicyclic) bond motifs is 2. The van der Waals surface area contributed by atoms with E-state index in [0.29, 0.717) is 49.5 Å². The molecular formula is C35H37N5O6. The van der Waals surface area contributed by atoms with Crippen LogP contribution in [0.3, 0.4) is 0 Å². The number of likely N-dealkylation sites (tertiary alicyclic amines) is 1. The molecule has 0 saturated carbocycles. The molecule has 2 N–H and O–H groups in total. The largest absolute Gasteiger partial charge is 0.497 e. The number of piperidine rings is 1. The Hall–Kier alpha value is -5.16. The molecule has 1 saturated heterocycles. The minimum Gasteiger partial charge on any atom is -0.497 e. The summed E-state index contributed by atoms with van der Waals surface area (Å²) in [7, 11) is 5.03. The number of H-pyrrole nitrogens is 1. The molecule has 2 aliphatic heterocycles. The molecule has 1 fully saturated rings. The van der Waals surface area contributed by atoms with Gasteiger partial charge in [-0.3, -0.25) is 24.1 Å². The summed E-state index contributed by atoms with van der Waals surface area (Å²) in [6, 6.07) is 19.6. The smallest absolute Gasteiger partial charge is 0.262 e. The van der Waals surface area contributed by atoms with Crippen LogP contribution in [0.25, 0.3) is 10.9 Å². The molecule has 4 amide bonds. The highest BCUT2D eigenvalue weighted by atomic mass is 16.5. The fraction of sp³-hybridized carbons (Fsp3) is 0.314. The topological polar surface area (TPSA) is 124 Å². The number of amides is 4. The van der Waals surface area contributed by atoms with Crippen molar-refractivity contribution in [3.05, 3.63) is 89.6 Å². The SMILES string of the molecule is COc1ccc(NC(=O)C2(N(CCc3c[nH]c4ccccc34)C(=O)CN3C(=O)c4ccccc4C3=O)CCN(C)CC2)c(OC)c1. The van der Waals surface area contributed by atoms with Crippen LogP contribution >= 0.6 is 0 Å². The minimum absolute atomic E-state index is 0.195. The van der Waals surface area contributed by atoms with E-state index in [1.807, 2.05) is 37.5 Å². The van der Waals surface area contributed by atoms with Crippen LogP contribution in [0.2, 0.25) is 0 Å².